The number of rotatable bonds is 2. The maximum atomic E-state index is 6.46. The first-order valence-electron chi connectivity index (χ1n) is 8.31. The van der Waals surface area contributed by atoms with Crippen LogP contribution in [0.4, 0.5) is 5.82 Å². The fourth-order valence-electron chi connectivity index (χ4n) is 3.20. The number of anilines is 1. The second-order valence-electron chi connectivity index (χ2n) is 6.19. The zero-order chi connectivity index (χ0) is 18.3. The standard InChI is InChI=1S/C19H15Cl4N3/c20-11-4-6-13(16(22)9-11)18-14-3-1-2-8-24-19(14)26(25-18)12-5-7-15(21)17(23)10-12/h4-7,9-10,24H,1-3,8H2. The van der Waals surface area contributed by atoms with Gasteiger partial charge in [0.05, 0.1) is 26.4 Å². The Labute approximate surface area is 171 Å². The zero-order valence-electron chi connectivity index (χ0n) is 13.7. The Morgan fingerprint density at radius 1 is 0.885 bits per heavy atom. The molecule has 0 radical (unpaired) electrons. The van der Waals surface area contributed by atoms with Crippen molar-refractivity contribution in [3.63, 3.8) is 0 Å². The van der Waals surface area contributed by atoms with Crippen LogP contribution in [0.25, 0.3) is 16.9 Å². The quantitative estimate of drug-likeness (QED) is 0.482. The van der Waals surface area contributed by atoms with Crippen molar-refractivity contribution in [1.82, 2.24) is 9.78 Å². The lowest BCUT2D eigenvalue weighted by molar-refractivity contribution is 0.780. The molecule has 3 nitrogen and oxygen atoms in total. The van der Waals surface area contributed by atoms with Crippen molar-refractivity contribution in [1.29, 1.82) is 0 Å². The average Bonchev–Trinajstić information content (AvgIpc) is 2.79. The normalized spacial score (nSPS) is 13.8. The molecule has 1 aliphatic heterocycles. The lowest BCUT2D eigenvalue weighted by Gasteiger charge is -2.10. The Bertz CT molecular complexity index is 981. The van der Waals surface area contributed by atoms with Gasteiger partial charge in [-0.3, -0.25) is 0 Å². The third-order valence-electron chi connectivity index (χ3n) is 4.46. The molecule has 26 heavy (non-hydrogen) atoms. The summed E-state index contributed by atoms with van der Waals surface area (Å²) in [5.74, 6) is 0.974. The summed E-state index contributed by atoms with van der Waals surface area (Å²) in [6.45, 7) is 0.897. The van der Waals surface area contributed by atoms with Crippen LogP contribution in [0.15, 0.2) is 36.4 Å². The van der Waals surface area contributed by atoms with Gasteiger partial charge in [-0.05, 0) is 55.7 Å². The van der Waals surface area contributed by atoms with E-state index in [1.165, 1.54) is 0 Å². The molecule has 1 aliphatic rings. The highest BCUT2D eigenvalue weighted by Gasteiger charge is 2.23. The van der Waals surface area contributed by atoms with Crippen molar-refractivity contribution in [2.24, 2.45) is 0 Å². The van der Waals surface area contributed by atoms with E-state index in [1.807, 2.05) is 28.9 Å². The van der Waals surface area contributed by atoms with Gasteiger partial charge in [0, 0.05) is 22.7 Å². The van der Waals surface area contributed by atoms with E-state index in [2.05, 4.69) is 5.32 Å². The minimum atomic E-state index is 0.494. The van der Waals surface area contributed by atoms with Crippen LogP contribution < -0.4 is 5.32 Å². The van der Waals surface area contributed by atoms with Crippen LogP contribution in [0.5, 0.6) is 0 Å². The van der Waals surface area contributed by atoms with Crippen LogP contribution >= 0.6 is 46.4 Å². The molecule has 0 saturated carbocycles. The van der Waals surface area contributed by atoms with Crippen LogP contribution in [0.3, 0.4) is 0 Å². The molecule has 7 heteroatoms. The van der Waals surface area contributed by atoms with Crippen molar-refractivity contribution >= 4 is 52.2 Å². The molecule has 3 aromatic rings. The number of aromatic nitrogens is 2. The number of nitrogens with zero attached hydrogens (tertiary/aromatic N) is 2. The summed E-state index contributed by atoms with van der Waals surface area (Å²) in [4.78, 5) is 0. The highest BCUT2D eigenvalue weighted by atomic mass is 35.5. The monoisotopic (exact) mass is 425 g/mol. The van der Waals surface area contributed by atoms with Crippen molar-refractivity contribution < 1.29 is 0 Å². The average molecular weight is 427 g/mol. The van der Waals surface area contributed by atoms with Crippen molar-refractivity contribution in [2.45, 2.75) is 19.3 Å². The van der Waals surface area contributed by atoms with E-state index < -0.39 is 0 Å². The summed E-state index contributed by atoms with van der Waals surface area (Å²) in [7, 11) is 0. The molecule has 134 valence electrons. The molecule has 0 amide bonds. The smallest absolute Gasteiger partial charge is 0.133 e. The van der Waals surface area contributed by atoms with Gasteiger partial charge in [0.2, 0.25) is 0 Å². The molecule has 0 unspecified atom stereocenters. The lowest BCUT2D eigenvalue weighted by Crippen LogP contribution is -2.07. The van der Waals surface area contributed by atoms with E-state index in [0.29, 0.717) is 20.1 Å². The summed E-state index contributed by atoms with van der Waals surface area (Å²) in [5, 5.41) is 10.6. The van der Waals surface area contributed by atoms with E-state index in [1.54, 1.807) is 12.1 Å². The number of nitrogens with one attached hydrogen (secondary N) is 1. The van der Waals surface area contributed by atoms with Gasteiger partial charge in [-0.25, -0.2) is 4.68 Å². The summed E-state index contributed by atoms with van der Waals surface area (Å²) in [6, 6.07) is 11.0. The Balaban J connectivity index is 1.93. The molecular formula is C19H15Cl4N3. The van der Waals surface area contributed by atoms with Crippen molar-refractivity contribution in [2.75, 3.05) is 11.9 Å². The maximum Gasteiger partial charge on any atom is 0.133 e. The van der Waals surface area contributed by atoms with Crippen LogP contribution in [-0.4, -0.2) is 16.3 Å². The molecule has 0 spiro atoms. The van der Waals surface area contributed by atoms with E-state index >= 15 is 0 Å². The van der Waals surface area contributed by atoms with Crippen molar-refractivity contribution in [3.8, 4) is 16.9 Å². The van der Waals surface area contributed by atoms with Gasteiger partial charge in [-0.1, -0.05) is 46.4 Å². The SMILES string of the molecule is Clc1ccc(-c2nn(-c3ccc(Cl)c(Cl)c3)c3c2CCCCN3)c(Cl)c1. The molecule has 0 atom stereocenters. The Morgan fingerprint density at radius 2 is 1.73 bits per heavy atom. The largest absolute Gasteiger partial charge is 0.370 e. The predicted molar refractivity (Wildman–Crippen MR) is 110 cm³/mol. The fourth-order valence-corrected chi connectivity index (χ4v) is 3.99. The maximum absolute atomic E-state index is 6.46. The Kier molecular flexibility index (Phi) is 5.07. The second-order valence-corrected chi connectivity index (χ2v) is 7.85. The molecule has 2 aromatic carbocycles. The van der Waals surface area contributed by atoms with Gasteiger partial charge in [-0.2, -0.15) is 5.10 Å². The summed E-state index contributed by atoms with van der Waals surface area (Å²) < 4.78 is 1.88. The van der Waals surface area contributed by atoms with Gasteiger partial charge in [-0.15, -0.1) is 0 Å². The highest BCUT2D eigenvalue weighted by Crippen LogP contribution is 2.38. The molecule has 2 heterocycles. The topological polar surface area (TPSA) is 29.9 Å². The fraction of sp³-hybridized carbons (Fsp3) is 0.211. The number of fused-ring (bicyclic) bond motifs is 1. The number of hydrogen-bond donors (Lipinski definition) is 1. The zero-order valence-corrected chi connectivity index (χ0v) is 16.7. The number of benzene rings is 2. The van der Waals surface area contributed by atoms with Gasteiger partial charge in [0.25, 0.3) is 0 Å². The summed E-state index contributed by atoms with van der Waals surface area (Å²) in [5.41, 5.74) is 3.73. The summed E-state index contributed by atoms with van der Waals surface area (Å²) >= 11 is 24.8. The third-order valence-corrected chi connectivity index (χ3v) is 5.75. The molecule has 0 aliphatic carbocycles. The summed E-state index contributed by atoms with van der Waals surface area (Å²) in [6.07, 6.45) is 3.12. The highest BCUT2D eigenvalue weighted by molar-refractivity contribution is 6.42. The van der Waals surface area contributed by atoms with Gasteiger partial charge in [0.15, 0.2) is 0 Å². The van der Waals surface area contributed by atoms with Crippen LogP contribution in [0.2, 0.25) is 20.1 Å². The predicted octanol–water partition coefficient (Wildman–Crippen LogP) is 6.90. The van der Waals surface area contributed by atoms with E-state index in [0.717, 1.165) is 54.1 Å². The molecule has 1 N–H and O–H groups in total. The minimum absolute atomic E-state index is 0.494. The minimum Gasteiger partial charge on any atom is -0.370 e. The van der Waals surface area contributed by atoms with Gasteiger partial charge in [0.1, 0.15) is 5.82 Å². The molecule has 0 fully saturated rings. The van der Waals surface area contributed by atoms with E-state index in [-0.39, 0.29) is 0 Å². The first kappa shape index (κ1) is 18.0. The molecule has 1 aromatic heterocycles. The van der Waals surface area contributed by atoms with Crippen molar-refractivity contribution in [3.05, 3.63) is 62.1 Å². The Hall–Kier alpha value is -1.39. The van der Waals surface area contributed by atoms with Gasteiger partial charge < -0.3 is 5.32 Å². The first-order valence-corrected chi connectivity index (χ1v) is 9.82. The number of halogens is 4. The lowest BCUT2D eigenvalue weighted by atomic mass is 10.0. The third kappa shape index (κ3) is 3.29. The number of hydrogen-bond acceptors (Lipinski definition) is 2. The van der Waals surface area contributed by atoms with Crippen LogP contribution in [-0.2, 0) is 6.42 Å². The van der Waals surface area contributed by atoms with Gasteiger partial charge >= 0.3 is 0 Å². The molecule has 0 saturated heterocycles. The van der Waals surface area contributed by atoms with Crippen LogP contribution in [0, 0.1) is 0 Å². The first-order chi connectivity index (χ1) is 12.5. The van der Waals surface area contributed by atoms with E-state index in [9.17, 15) is 0 Å². The molecule has 0 bridgehead atoms. The van der Waals surface area contributed by atoms with Crippen LogP contribution in [0.1, 0.15) is 18.4 Å². The Morgan fingerprint density at radius 3 is 2.50 bits per heavy atom. The molecule has 4 rings (SSSR count). The second kappa shape index (κ2) is 7.32. The van der Waals surface area contributed by atoms with E-state index in [4.69, 9.17) is 51.5 Å². The molecular weight excluding hydrogens is 412 g/mol.